The Kier molecular flexibility index (Phi) is 9.26. The molecule has 0 aromatic carbocycles. The third-order valence-electron chi connectivity index (χ3n) is 0.481. The molecule has 0 heterocycles. The normalized spacial score (nSPS) is 9.42. The number of carbonyl (C=O) groups excluding carboxylic acids is 2. The molecule has 0 saturated heterocycles. The predicted octanol–water partition coefficient (Wildman–Crippen LogP) is 2.12. The second-order valence-electron chi connectivity index (χ2n) is 1.58. The Morgan fingerprint density at radius 2 is 1.83 bits per heavy atom. The van der Waals surface area contributed by atoms with Crippen molar-refractivity contribution in [3.05, 3.63) is 0 Å². The molecule has 0 aromatic rings. The summed E-state index contributed by atoms with van der Waals surface area (Å²) in [6.07, 6.45) is 0.234. The standard InChI is InChI=1S/C4H8O2.C2HCl3O/c1-3-6-4(2)5;3-2(4,5)1-6/h3H2,1-2H3;1H. The number of hydrogen-bond donors (Lipinski definition) is 0. The number of carbonyl (C=O) groups is 2. The average Bonchev–Trinajstić information content (AvgIpc) is 1.87. The number of esters is 1. The molecule has 0 aliphatic heterocycles. The van der Waals surface area contributed by atoms with Crippen LogP contribution in [0.5, 0.6) is 0 Å². The second kappa shape index (κ2) is 7.65. The molecule has 0 rings (SSSR count). The monoisotopic (exact) mass is 234 g/mol. The first-order valence-electron chi connectivity index (χ1n) is 3.00. The summed E-state index contributed by atoms with van der Waals surface area (Å²) >= 11 is 14.6. The zero-order chi connectivity index (χ0) is 10.2. The van der Waals surface area contributed by atoms with Gasteiger partial charge in [0.1, 0.15) is 0 Å². The van der Waals surface area contributed by atoms with Crippen molar-refractivity contribution in [2.45, 2.75) is 17.6 Å². The third-order valence-corrected chi connectivity index (χ3v) is 0.748. The van der Waals surface area contributed by atoms with Crippen molar-refractivity contribution in [3.8, 4) is 0 Å². The van der Waals surface area contributed by atoms with E-state index in [2.05, 4.69) is 4.74 Å². The zero-order valence-corrected chi connectivity index (χ0v) is 8.91. The van der Waals surface area contributed by atoms with Gasteiger partial charge in [-0.2, -0.15) is 0 Å². The van der Waals surface area contributed by atoms with Crippen molar-refractivity contribution < 1.29 is 14.3 Å². The SMILES string of the molecule is CCOC(C)=O.O=CC(Cl)(Cl)Cl. The molecule has 0 bridgehead atoms. The van der Waals surface area contributed by atoms with Crippen LogP contribution in [0.1, 0.15) is 13.8 Å². The van der Waals surface area contributed by atoms with Crippen molar-refractivity contribution in [1.82, 2.24) is 0 Å². The first kappa shape index (κ1) is 14.5. The maximum Gasteiger partial charge on any atom is 0.302 e. The fraction of sp³-hybridized carbons (Fsp3) is 0.667. The van der Waals surface area contributed by atoms with Gasteiger partial charge in [0, 0.05) is 6.92 Å². The zero-order valence-electron chi connectivity index (χ0n) is 6.64. The molecule has 0 aliphatic rings. The van der Waals surface area contributed by atoms with Crippen LogP contribution in [0.2, 0.25) is 0 Å². The number of hydrogen-bond acceptors (Lipinski definition) is 3. The molecule has 3 nitrogen and oxygen atoms in total. The van der Waals surface area contributed by atoms with Gasteiger partial charge in [-0.25, -0.2) is 0 Å². The molecule has 12 heavy (non-hydrogen) atoms. The highest BCUT2D eigenvalue weighted by Gasteiger charge is 2.16. The van der Waals surface area contributed by atoms with Gasteiger partial charge in [0.25, 0.3) is 0 Å². The van der Waals surface area contributed by atoms with Crippen molar-refractivity contribution in [1.29, 1.82) is 0 Å². The molecule has 0 spiro atoms. The van der Waals surface area contributed by atoms with Crippen LogP contribution < -0.4 is 0 Å². The highest BCUT2D eigenvalue weighted by atomic mass is 35.6. The van der Waals surface area contributed by atoms with E-state index in [-0.39, 0.29) is 12.3 Å². The van der Waals surface area contributed by atoms with E-state index in [1.165, 1.54) is 6.92 Å². The van der Waals surface area contributed by atoms with Crippen molar-refractivity contribution >= 4 is 47.1 Å². The molecule has 0 aliphatic carbocycles. The lowest BCUT2D eigenvalue weighted by atomic mass is 10.8. The average molecular weight is 235 g/mol. The summed E-state index contributed by atoms with van der Waals surface area (Å²) in [6.45, 7) is 3.65. The maximum absolute atomic E-state index is 9.82. The van der Waals surface area contributed by atoms with E-state index in [9.17, 15) is 9.59 Å². The van der Waals surface area contributed by atoms with E-state index < -0.39 is 3.79 Å². The molecule has 0 fully saturated rings. The van der Waals surface area contributed by atoms with Crippen molar-refractivity contribution in [2.75, 3.05) is 6.61 Å². The predicted molar refractivity (Wildman–Crippen MR) is 48.7 cm³/mol. The first-order chi connectivity index (χ1) is 5.33. The van der Waals surface area contributed by atoms with Gasteiger partial charge in [0.05, 0.1) is 6.61 Å². The molecule has 0 atom stereocenters. The van der Waals surface area contributed by atoms with Crippen LogP contribution in [0, 0.1) is 0 Å². The quantitative estimate of drug-likeness (QED) is 0.397. The van der Waals surface area contributed by atoms with E-state index in [1.54, 1.807) is 6.92 Å². The summed E-state index contributed by atoms with van der Waals surface area (Å²) in [4.78, 5) is 19.3. The lowest BCUT2D eigenvalue weighted by Crippen LogP contribution is -2.00. The molecule has 0 N–H and O–H groups in total. The number of rotatable bonds is 1. The fourth-order valence-electron chi connectivity index (χ4n) is 0.203. The van der Waals surface area contributed by atoms with Crippen LogP contribution in [0.15, 0.2) is 0 Å². The summed E-state index contributed by atoms with van der Waals surface area (Å²) in [5.74, 6) is -0.211. The van der Waals surface area contributed by atoms with Gasteiger partial charge >= 0.3 is 5.97 Å². The highest BCUT2D eigenvalue weighted by Crippen LogP contribution is 2.21. The highest BCUT2D eigenvalue weighted by molar-refractivity contribution is 6.74. The van der Waals surface area contributed by atoms with E-state index in [4.69, 9.17) is 34.8 Å². The first-order valence-corrected chi connectivity index (χ1v) is 4.13. The molecule has 0 radical (unpaired) electrons. The van der Waals surface area contributed by atoms with Crippen molar-refractivity contribution in [2.24, 2.45) is 0 Å². The summed E-state index contributed by atoms with van der Waals surface area (Å²) < 4.78 is 2.68. The van der Waals surface area contributed by atoms with Crippen LogP contribution in [0.3, 0.4) is 0 Å². The van der Waals surface area contributed by atoms with E-state index in [1.807, 2.05) is 0 Å². The van der Waals surface area contributed by atoms with Gasteiger partial charge in [-0.05, 0) is 6.92 Å². The van der Waals surface area contributed by atoms with Crippen LogP contribution in [-0.4, -0.2) is 22.7 Å². The summed E-state index contributed by atoms with van der Waals surface area (Å²) in [5.41, 5.74) is 0. The van der Waals surface area contributed by atoms with Gasteiger partial charge in [-0.1, -0.05) is 34.8 Å². The Bertz CT molecular complexity index is 141. The Hall–Kier alpha value is 0.01000. The summed E-state index contributed by atoms with van der Waals surface area (Å²) in [6, 6.07) is 0. The Labute approximate surface area is 85.9 Å². The number of alkyl halides is 3. The second-order valence-corrected chi connectivity index (χ2v) is 3.95. The maximum atomic E-state index is 9.82. The van der Waals surface area contributed by atoms with E-state index in [0.29, 0.717) is 6.61 Å². The van der Waals surface area contributed by atoms with Gasteiger partial charge in [-0.15, -0.1) is 0 Å². The molecular formula is C6H9Cl3O3. The third kappa shape index (κ3) is 22.5. The van der Waals surface area contributed by atoms with Gasteiger partial charge < -0.3 is 4.74 Å². The topological polar surface area (TPSA) is 43.4 Å². The van der Waals surface area contributed by atoms with Crippen LogP contribution in [0.4, 0.5) is 0 Å². The summed E-state index contributed by atoms with van der Waals surface area (Å²) in [5, 5.41) is 0. The molecule has 6 heteroatoms. The Morgan fingerprint density at radius 3 is 1.83 bits per heavy atom. The number of aldehydes is 1. The molecule has 0 amide bonds. The van der Waals surface area contributed by atoms with Crippen LogP contribution >= 0.6 is 34.8 Å². The Balaban J connectivity index is 0. The molecule has 72 valence electrons. The smallest absolute Gasteiger partial charge is 0.302 e. The van der Waals surface area contributed by atoms with Crippen LogP contribution in [0.25, 0.3) is 0 Å². The fourth-order valence-corrected chi connectivity index (χ4v) is 0.203. The Morgan fingerprint density at radius 1 is 1.50 bits per heavy atom. The molecule has 0 aromatic heterocycles. The minimum absolute atomic E-state index is 0.211. The van der Waals surface area contributed by atoms with Crippen LogP contribution in [-0.2, 0) is 14.3 Å². The van der Waals surface area contributed by atoms with Gasteiger partial charge in [-0.3, -0.25) is 9.59 Å². The van der Waals surface area contributed by atoms with E-state index >= 15 is 0 Å². The van der Waals surface area contributed by atoms with Gasteiger partial charge in [0.2, 0.25) is 3.79 Å². The van der Waals surface area contributed by atoms with Gasteiger partial charge in [0.15, 0.2) is 6.29 Å². The minimum Gasteiger partial charge on any atom is -0.466 e. The molecule has 0 unspecified atom stereocenters. The van der Waals surface area contributed by atoms with Crippen molar-refractivity contribution in [3.63, 3.8) is 0 Å². The van der Waals surface area contributed by atoms with E-state index in [0.717, 1.165) is 0 Å². The molecular weight excluding hydrogens is 226 g/mol. The number of halogens is 3. The minimum atomic E-state index is -1.72. The largest absolute Gasteiger partial charge is 0.466 e. The lowest BCUT2D eigenvalue weighted by Gasteiger charge is -1.93. The molecule has 0 saturated carbocycles. The lowest BCUT2D eigenvalue weighted by molar-refractivity contribution is -0.140. The summed E-state index contributed by atoms with van der Waals surface area (Å²) in [7, 11) is 0. The number of ether oxygens (including phenoxy) is 1.